The van der Waals surface area contributed by atoms with Crippen LogP contribution in [0.4, 0.5) is 17.2 Å². The van der Waals surface area contributed by atoms with Gasteiger partial charge in [-0.2, -0.15) is 0 Å². The number of benzene rings is 1. The predicted octanol–water partition coefficient (Wildman–Crippen LogP) is 4.24. The molecule has 0 unspecified atom stereocenters. The van der Waals surface area contributed by atoms with Crippen LogP contribution < -0.4 is 10.2 Å². The van der Waals surface area contributed by atoms with Gasteiger partial charge in [-0.15, -0.1) is 11.3 Å². The molecule has 2 fully saturated rings. The highest BCUT2D eigenvalue weighted by atomic mass is 32.1. The van der Waals surface area contributed by atoms with Crippen molar-refractivity contribution in [2.75, 3.05) is 50.5 Å². The molecule has 3 aromatic rings. The second kappa shape index (κ2) is 9.61. The number of carbonyl (C=O) groups is 1. The normalized spacial score (nSPS) is 21.1. The smallest absolute Gasteiger partial charge is 0.226 e. The van der Waals surface area contributed by atoms with Crippen molar-refractivity contribution >= 4 is 50.9 Å². The fourth-order valence-electron chi connectivity index (χ4n) is 6.47. The van der Waals surface area contributed by atoms with Crippen LogP contribution in [0.25, 0.3) is 10.2 Å². The maximum Gasteiger partial charge on any atom is 0.226 e. The molecule has 1 atom stereocenters. The van der Waals surface area contributed by atoms with Crippen molar-refractivity contribution in [2.24, 2.45) is 10.9 Å². The fourth-order valence-corrected chi connectivity index (χ4v) is 7.74. The van der Waals surface area contributed by atoms with Crippen molar-refractivity contribution in [3.63, 3.8) is 0 Å². The second-order valence-corrected chi connectivity index (χ2v) is 12.5. The number of aryl methyl sites for hydroxylation is 1. The van der Waals surface area contributed by atoms with E-state index in [1.54, 1.807) is 17.7 Å². The third-order valence-corrected chi connectivity index (χ3v) is 10.1. The van der Waals surface area contributed by atoms with Crippen LogP contribution in [-0.2, 0) is 24.2 Å². The van der Waals surface area contributed by atoms with Crippen molar-refractivity contribution in [2.45, 2.75) is 51.1 Å². The molecule has 7 rings (SSSR count). The zero-order chi connectivity index (χ0) is 25.8. The summed E-state index contributed by atoms with van der Waals surface area (Å²) in [4.78, 5) is 36.1. The maximum atomic E-state index is 12.9. The maximum absolute atomic E-state index is 12.9. The van der Waals surface area contributed by atoms with Crippen LogP contribution >= 0.6 is 11.3 Å². The van der Waals surface area contributed by atoms with Crippen LogP contribution in [0.3, 0.4) is 0 Å². The number of aliphatic imine (C=N–C) groups is 1. The van der Waals surface area contributed by atoms with E-state index in [1.807, 2.05) is 11.1 Å². The first-order valence-corrected chi connectivity index (χ1v) is 14.8. The van der Waals surface area contributed by atoms with Gasteiger partial charge >= 0.3 is 0 Å². The Balaban J connectivity index is 1.21. The van der Waals surface area contributed by atoms with Gasteiger partial charge in [-0.25, -0.2) is 9.97 Å². The van der Waals surface area contributed by atoms with Gasteiger partial charge in [-0.3, -0.25) is 9.79 Å². The average Bonchev–Trinajstić information content (AvgIpc) is 3.51. The lowest BCUT2D eigenvalue weighted by molar-refractivity contribution is -0.139. The number of nitrogens with one attached hydrogen (secondary N) is 1. The minimum atomic E-state index is 0.105. The average molecular weight is 530 g/mol. The first kappa shape index (κ1) is 24.0. The largest absolute Gasteiger partial charge is 0.370 e. The molecule has 3 aliphatic heterocycles. The Labute approximate surface area is 227 Å². The highest BCUT2D eigenvalue weighted by Crippen LogP contribution is 2.42. The molecule has 0 saturated carbocycles. The summed E-state index contributed by atoms with van der Waals surface area (Å²) >= 11 is 1.74. The molecule has 9 heteroatoms. The molecular formula is C29H35N7OS. The quantitative estimate of drug-likeness (QED) is 0.533. The highest BCUT2D eigenvalue weighted by Gasteiger charge is 2.33. The third-order valence-electron chi connectivity index (χ3n) is 8.90. The monoisotopic (exact) mass is 529 g/mol. The number of thiophene rings is 1. The molecule has 1 amide bonds. The van der Waals surface area contributed by atoms with Gasteiger partial charge in [-0.1, -0.05) is 0 Å². The Kier molecular flexibility index (Phi) is 6.08. The SMILES string of the molecule is CN(C)C1CCN(c2cc3c(cc2Nc2ncnc4sc5c(c24)CC[C@H](C(=O)N2CCC2)C5)C=NC3)CC1. The Hall–Kier alpha value is -3.04. The Morgan fingerprint density at radius 2 is 1.95 bits per heavy atom. The lowest BCUT2D eigenvalue weighted by atomic mass is 9.86. The van der Waals surface area contributed by atoms with Gasteiger partial charge in [0.05, 0.1) is 23.3 Å². The number of amides is 1. The number of likely N-dealkylation sites (tertiary alicyclic amines) is 1. The third kappa shape index (κ3) is 4.16. The summed E-state index contributed by atoms with van der Waals surface area (Å²) in [6, 6.07) is 5.21. The van der Waals surface area contributed by atoms with E-state index < -0.39 is 0 Å². The number of fused-ring (bicyclic) bond motifs is 4. The van der Waals surface area contributed by atoms with Crippen molar-refractivity contribution < 1.29 is 4.79 Å². The summed E-state index contributed by atoms with van der Waals surface area (Å²) in [5.74, 6) is 1.32. The van der Waals surface area contributed by atoms with Crippen LogP contribution in [0.5, 0.6) is 0 Å². The molecule has 8 nitrogen and oxygen atoms in total. The van der Waals surface area contributed by atoms with Crippen LogP contribution in [0.1, 0.15) is 47.3 Å². The number of carbonyl (C=O) groups excluding carboxylic acids is 1. The van der Waals surface area contributed by atoms with Crippen LogP contribution in [-0.4, -0.2) is 78.2 Å². The molecule has 4 aliphatic rings. The number of hydrogen-bond donors (Lipinski definition) is 1. The fraction of sp³-hybridized carbons (Fsp3) is 0.517. The molecule has 2 saturated heterocycles. The minimum Gasteiger partial charge on any atom is -0.370 e. The lowest BCUT2D eigenvalue weighted by Crippen LogP contribution is -2.46. The minimum absolute atomic E-state index is 0.105. The number of piperidine rings is 1. The summed E-state index contributed by atoms with van der Waals surface area (Å²) in [6.45, 7) is 4.68. The molecule has 0 spiro atoms. The number of hydrogen-bond acceptors (Lipinski definition) is 8. The molecule has 0 radical (unpaired) electrons. The Morgan fingerprint density at radius 3 is 2.71 bits per heavy atom. The number of rotatable bonds is 5. The molecule has 1 aromatic carbocycles. The van der Waals surface area contributed by atoms with Gasteiger partial charge in [0, 0.05) is 49.2 Å². The van der Waals surface area contributed by atoms with E-state index in [2.05, 4.69) is 51.3 Å². The van der Waals surface area contributed by atoms with E-state index >= 15 is 0 Å². The van der Waals surface area contributed by atoms with Crippen molar-refractivity contribution in [1.82, 2.24) is 19.8 Å². The molecular weight excluding hydrogens is 494 g/mol. The zero-order valence-corrected chi connectivity index (χ0v) is 23.1. The van der Waals surface area contributed by atoms with Crippen LogP contribution in [0.2, 0.25) is 0 Å². The molecule has 1 aliphatic carbocycles. The second-order valence-electron chi connectivity index (χ2n) is 11.4. The molecule has 5 heterocycles. The van der Waals surface area contributed by atoms with Crippen LogP contribution in [0, 0.1) is 5.92 Å². The summed E-state index contributed by atoms with van der Waals surface area (Å²) in [7, 11) is 4.37. The van der Waals surface area contributed by atoms with Gasteiger partial charge < -0.3 is 20.0 Å². The van der Waals surface area contributed by atoms with Crippen LogP contribution in [0.15, 0.2) is 23.5 Å². The van der Waals surface area contributed by atoms with E-state index in [9.17, 15) is 4.79 Å². The molecule has 38 heavy (non-hydrogen) atoms. The lowest BCUT2D eigenvalue weighted by Gasteiger charge is -2.37. The first-order chi connectivity index (χ1) is 18.5. The number of anilines is 3. The molecule has 0 bridgehead atoms. The molecule has 1 N–H and O–H groups in total. The van der Waals surface area contributed by atoms with E-state index in [1.165, 1.54) is 27.3 Å². The van der Waals surface area contributed by atoms with Crippen molar-refractivity contribution in [3.8, 4) is 0 Å². The standard InChI is InChI=1S/C29H35N7OS/c1-34(2)21-6-10-35(11-7-21)24-13-20-16-30-15-19(20)12-23(24)33-27-26-22-5-4-18(29(37)36-8-3-9-36)14-25(22)38-28(26)32-17-31-27/h12-13,15,17-18,21H,3-11,14,16H2,1-2H3,(H,31,32,33)/t18-/m0/s1. The number of aromatic nitrogens is 2. The van der Waals surface area contributed by atoms with E-state index in [4.69, 9.17) is 4.98 Å². The summed E-state index contributed by atoms with van der Waals surface area (Å²) in [5, 5.41) is 4.88. The van der Waals surface area contributed by atoms with Crippen molar-refractivity contribution in [1.29, 1.82) is 0 Å². The van der Waals surface area contributed by atoms with E-state index in [0.29, 0.717) is 11.9 Å². The molecule has 2 aromatic heterocycles. The predicted molar refractivity (Wildman–Crippen MR) is 154 cm³/mol. The summed E-state index contributed by atoms with van der Waals surface area (Å²) in [5.41, 5.74) is 6.13. The zero-order valence-electron chi connectivity index (χ0n) is 22.2. The van der Waals surface area contributed by atoms with Crippen molar-refractivity contribution in [3.05, 3.63) is 40.0 Å². The first-order valence-electron chi connectivity index (χ1n) is 13.9. The topological polar surface area (TPSA) is 77.0 Å². The van der Waals surface area contributed by atoms with Gasteiger partial charge in [0.2, 0.25) is 5.91 Å². The van der Waals surface area contributed by atoms with Gasteiger partial charge in [0.25, 0.3) is 0 Å². The molecule has 198 valence electrons. The van der Waals surface area contributed by atoms with E-state index in [-0.39, 0.29) is 5.92 Å². The Morgan fingerprint density at radius 1 is 1.11 bits per heavy atom. The van der Waals surface area contributed by atoms with E-state index in [0.717, 1.165) is 93.0 Å². The summed E-state index contributed by atoms with van der Waals surface area (Å²) < 4.78 is 0. The Bertz CT molecular complexity index is 1420. The van der Waals surface area contributed by atoms with Gasteiger partial charge in [-0.05, 0) is 81.4 Å². The summed E-state index contributed by atoms with van der Waals surface area (Å²) in [6.07, 6.45) is 9.76. The van der Waals surface area contributed by atoms with Gasteiger partial charge in [0.1, 0.15) is 17.0 Å². The number of nitrogens with zero attached hydrogens (tertiary/aromatic N) is 6. The highest BCUT2D eigenvalue weighted by molar-refractivity contribution is 7.19. The van der Waals surface area contributed by atoms with Gasteiger partial charge in [0.15, 0.2) is 0 Å².